The number of benzene rings is 2. The van der Waals surface area contributed by atoms with E-state index < -0.39 is 9.84 Å². The fourth-order valence-electron chi connectivity index (χ4n) is 2.71. The number of sulfone groups is 1. The molecular weight excluding hydrogens is 416 g/mol. The van der Waals surface area contributed by atoms with Crippen LogP contribution in [-0.4, -0.2) is 25.6 Å². The standard InChI is InChI=1S/C20H19ClN2O3S2/c1-28(25,26)13-15-7-8-16(21)10-18(15)23-19(24)11-17-12-27-20(22-17)9-14-5-3-2-4-6-14/h2-8,10,12H,9,11,13H2,1H3,(H,23,24). The van der Waals surface area contributed by atoms with Crippen LogP contribution in [-0.2, 0) is 33.2 Å². The van der Waals surface area contributed by atoms with Crippen LogP contribution in [0.2, 0.25) is 5.02 Å². The van der Waals surface area contributed by atoms with Crippen molar-refractivity contribution in [1.82, 2.24) is 4.98 Å². The molecule has 0 atom stereocenters. The van der Waals surface area contributed by atoms with Gasteiger partial charge in [-0.05, 0) is 23.3 Å². The van der Waals surface area contributed by atoms with Gasteiger partial charge in [0.05, 0.1) is 22.9 Å². The number of carbonyl (C=O) groups is 1. The second-order valence-electron chi connectivity index (χ2n) is 6.49. The van der Waals surface area contributed by atoms with Gasteiger partial charge in [-0.3, -0.25) is 4.79 Å². The molecule has 0 radical (unpaired) electrons. The predicted octanol–water partition coefficient (Wildman–Crippen LogP) is 4.11. The Bertz CT molecular complexity index is 1080. The molecule has 0 bridgehead atoms. The van der Waals surface area contributed by atoms with E-state index in [4.69, 9.17) is 11.6 Å². The first-order valence-electron chi connectivity index (χ1n) is 8.52. The summed E-state index contributed by atoms with van der Waals surface area (Å²) in [5, 5.41) is 5.99. The minimum absolute atomic E-state index is 0.107. The van der Waals surface area contributed by atoms with Crippen LogP contribution in [0.15, 0.2) is 53.9 Å². The second-order valence-corrected chi connectivity index (χ2v) is 10.0. The lowest BCUT2D eigenvalue weighted by Crippen LogP contribution is -2.16. The first-order valence-corrected chi connectivity index (χ1v) is 11.8. The number of aromatic nitrogens is 1. The summed E-state index contributed by atoms with van der Waals surface area (Å²) < 4.78 is 23.2. The van der Waals surface area contributed by atoms with Crippen LogP contribution in [0, 0.1) is 0 Å². The summed E-state index contributed by atoms with van der Waals surface area (Å²) in [5.41, 5.74) is 2.75. The molecule has 0 fully saturated rings. The molecule has 0 unspecified atom stereocenters. The molecule has 0 aliphatic heterocycles. The lowest BCUT2D eigenvalue weighted by molar-refractivity contribution is -0.115. The molecule has 28 heavy (non-hydrogen) atoms. The van der Waals surface area contributed by atoms with Crippen molar-refractivity contribution in [2.24, 2.45) is 0 Å². The highest BCUT2D eigenvalue weighted by molar-refractivity contribution is 7.89. The number of thiazole rings is 1. The first kappa shape index (κ1) is 20.5. The van der Waals surface area contributed by atoms with E-state index in [2.05, 4.69) is 10.3 Å². The number of hydrogen-bond donors (Lipinski definition) is 1. The molecule has 1 amide bonds. The van der Waals surface area contributed by atoms with Crippen molar-refractivity contribution >= 4 is 44.4 Å². The van der Waals surface area contributed by atoms with Gasteiger partial charge in [-0.15, -0.1) is 11.3 Å². The molecule has 2 aromatic carbocycles. The topological polar surface area (TPSA) is 76.1 Å². The van der Waals surface area contributed by atoms with Crippen molar-refractivity contribution in [3.63, 3.8) is 0 Å². The zero-order valence-electron chi connectivity index (χ0n) is 15.2. The number of nitrogens with one attached hydrogen (secondary N) is 1. The molecular formula is C20H19ClN2O3S2. The van der Waals surface area contributed by atoms with Gasteiger partial charge in [-0.25, -0.2) is 13.4 Å². The molecule has 0 spiro atoms. The Morgan fingerprint density at radius 3 is 2.64 bits per heavy atom. The lowest BCUT2D eigenvalue weighted by atomic mass is 10.2. The predicted molar refractivity (Wildman–Crippen MR) is 114 cm³/mol. The maximum absolute atomic E-state index is 12.4. The molecule has 1 heterocycles. The van der Waals surface area contributed by atoms with E-state index in [0.717, 1.165) is 23.2 Å². The van der Waals surface area contributed by atoms with Gasteiger partial charge < -0.3 is 5.32 Å². The highest BCUT2D eigenvalue weighted by Crippen LogP contribution is 2.23. The normalized spacial score (nSPS) is 11.4. The zero-order valence-corrected chi connectivity index (χ0v) is 17.6. The van der Waals surface area contributed by atoms with Crippen LogP contribution >= 0.6 is 22.9 Å². The van der Waals surface area contributed by atoms with Crippen molar-refractivity contribution in [3.8, 4) is 0 Å². The molecule has 3 aromatic rings. The van der Waals surface area contributed by atoms with Crippen LogP contribution in [0.1, 0.15) is 21.8 Å². The third kappa shape index (κ3) is 6.15. The van der Waals surface area contributed by atoms with E-state index >= 15 is 0 Å². The zero-order chi connectivity index (χ0) is 20.1. The summed E-state index contributed by atoms with van der Waals surface area (Å²) in [6, 6.07) is 14.8. The molecule has 0 aliphatic rings. The third-order valence-corrected chi connectivity index (χ3v) is 5.87. The monoisotopic (exact) mass is 434 g/mol. The summed E-state index contributed by atoms with van der Waals surface area (Å²) in [6.45, 7) is 0. The molecule has 1 aromatic heterocycles. The van der Waals surface area contributed by atoms with E-state index in [1.54, 1.807) is 18.2 Å². The van der Waals surface area contributed by atoms with Crippen molar-refractivity contribution in [3.05, 3.63) is 80.8 Å². The number of rotatable bonds is 7. The molecule has 3 rings (SSSR count). The Morgan fingerprint density at radius 1 is 1.18 bits per heavy atom. The van der Waals surface area contributed by atoms with E-state index in [-0.39, 0.29) is 18.1 Å². The van der Waals surface area contributed by atoms with Gasteiger partial charge >= 0.3 is 0 Å². The number of amides is 1. The van der Waals surface area contributed by atoms with Crippen molar-refractivity contribution in [2.45, 2.75) is 18.6 Å². The minimum Gasteiger partial charge on any atom is -0.325 e. The molecule has 1 N–H and O–H groups in total. The Morgan fingerprint density at radius 2 is 1.93 bits per heavy atom. The summed E-state index contributed by atoms with van der Waals surface area (Å²) in [7, 11) is -3.24. The average Bonchev–Trinajstić information content (AvgIpc) is 3.04. The Hall–Kier alpha value is -2.22. The summed E-state index contributed by atoms with van der Waals surface area (Å²) in [5.74, 6) is -0.439. The van der Waals surface area contributed by atoms with Gasteiger partial charge in [0.15, 0.2) is 9.84 Å². The SMILES string of the molecule is CS(=O)(=O)Cc1ccc(Cl)cc1NC(=O)Cc1csc(Cc2ccccc2)n1. The third-order valence-electron chi connectivity index (χ3n) is 3.90. The fourth-order valence-corrected chi connectivity index (χ4v) is 4.53. The number of carbonyl (C=O) groups excluding carboxylic acids is 1. The number of halogens is 1. The van der Waals surface area contributed by atoms with Crippen LogP contribution < -0.4 is 5.32 Å². The van der Waals surface area contributed by atoms with Gasteiger partial charge in [0.25, 0.3) is 0 Å². The number of nitrogens with zero attached hydrogens (tertiary/aromatic N) is 1. The Labute approximate surface area is 173 Å². The highest BCUT2D eigenvalue weighted by atomic mass is 35.5. The van der Waals surface area contributed by atoms with Gasteiger partial charge in [0.1, 0.15) is 0 Å². The molecule has 0 aliphatic carbocycles. The second kappa shape index (κ2) is 8.86. The molecule has 0 saturated carbocycles. The smallest absolute Gasteiger partial charge is 0.230 e. The van der Waals surface area contributed by atoms with Gasteiger partial charge in [-0.2, -0.15) is 0 Å². The minimum atomic E-state index is -3.24. The van der Waals surface area contributed by atoms with Crippen LogP contribution in [0.3, 0.4) is 0 Å². The number of hydrogen-bond acceptors (Lipinski definition) is 5. The quantitative estimate of drug-likeness (QED) is 0.607. The van der Waals surface area contributed by atoms with Crippen LogP contribution in [0.4, 0.5) is 5.69 Å². The van der Waals surface area contributed by atoms with Crippen molar-refractivity contribution < 1.29 is 13.2 Å². The van der Waals surface area contributed by atoms with Gasteiger partial charge in [-0.1, -0.05) is 48.0 Å². The first-order chi connectivity index (χ1) is 13.3. The number of anilines is 1. The lowest BCUT2D eigenvalue weighted by Gasteiger charge is -2.11. The summed E-state index contributed by atoms with van der Waals surface area (Å²) >= 11 is 7.52. The molecule has 8 heteroatoms. The summed E-state index contributed by atoms with van der Waals surface area (Å²) in [6.07, 6.45) is 1.98. The highest BCUT2D eigenvalue weighted by Gasteiger charge is 2.14. The van der Waals surface area contributed by atoms with Crippen LogP contribution in [0.25, 0.3) is 0 Å². The Kier molecular flexibility index (Phi) is 6.49. The van der Waals surface area contributed by atoms with E-state index in [1.807, 2.05) is 35.7 Å². The van der Waals surface area contributed by atoms with Gasteiger partial charge in [0.2, 0.25) is 5.91 Å². The Balaban J connectivity index is 1.67. The van der Waals surface area contributed by atoms with Gasteiger partial charge in [0, 0.05) is 28.8 Å². The summed E-state index contributed by atoms with van der Waals surface area (Å²) in [4.78, 5) is 17.0. The molecule has 146 valence electrons. The largest absolute Gasteiger partial charge is 0.325 e. The average molecular weight is 435 g/mol. The molecule has 0 saturated heterocycles. The van der Waals surface area contributed by atoms with Crippen LogP contribution in [0.5, 0.6) is 0 Å². The van der Waals surface area contributed by atoms with E-state index in [0.29, 0.717) is 22.0 Å². The fraction of sp³-hybridized carbons (Fsp3) is 0.200. The molecule has 5 nitrogen and oxygen atoms in total. The maximum atomic E-state index is 12.4. The van der Waals surface area contributed by atoms with E-state index in [1.165, 1.54) is 11.3 Å². The van der Waals surface area contributed by atoms with E-state index in [9.17, 15) is 13.2 Å². The van der Waals surface area contributed by atoms with Crippen molar-refractivity contribution in [2.75, 3.05) is 11.6 Å². The maximum Gasteiger partial charge on any atom is 0.230 e. The van der Waals surface area contributed by atoms with Crippen molar-refractivity contribution in [1.29, 1.82) is 0 Å².